The zero-order chi connectivity index (χ0) is 33.4. The van der Waals surface area contributed by atoms with Gasteiger partial charge in [0.1, 0.15) is 11.6 Å². The normalized spacial score (nSPS) is 22.1. The van der Waals surface area contributed by atoms with Gasteiger partial charge in [0.15, 0.2) is 0 Å². The topological polar surface area (TPSA) is 79.5 Å². The van der Waals surface area contributed by atoms with E-state index in [1.807, 2.05) is 18.7 Å². The summed E-state index contributed by atoms with van der Waals surface area (Å²) in [6.45, 7) is 10.2. The number of hydrogen-bond donors (Lipinski definition) is 0. The van der Waals surface area contributed by atoms with E-state index >= 15 is 13.2 Å². The van der Waals surface area contributed by atoms with Gasteiger partial charge >= 0.3 is 11.9 Å². The molecule has 1 unspecified atom stereocenters. The molecule has 0 spiro atoms. The van der Waals surface area contributed by atoms with Crippen LogP contribution in [0.25, 0.3) is 32.9 Å². The molecule has 2 aromatic carbocycles. The summed E-state index contributed by atoms with van der Waals surface area (Å²) in [6.07, 6.45) is -0.123. The maximum atomic E-state index is 15.2. The van der Waals surface area contributed by atoms with Gasteiger partial charge in [-0.15, -0.1) is 11.8 Å². The summed E-state index contributed by atoms with van der Waals surface area (Å²) in [7, 11) is 1.57. The third kappa shape index (κ3) is 5.20. The maximum Gasteiger partial charge on any atom is 0.417 e. The molecule has 2 aromatic heterocycles. The van der Waals surface area contributed by atoms with Crippen LogP contribution in [0.15, 0.2) is 46.7 Å². The number of amides is 1. The molecular formula is C33H35F4N7O2S. The lowest BCUT2D eigenvalue weighted by Gasteiger charge is -2.45. The highest BCUT2D eigenvalue weighted by Gasteiger charge is 2.41. The van der Waals surface area contributed by atoms with Crippen molar-refractivity contribution in [1.29, 1.82) is 0 Å². The van der Waals surface area contributed by atoms with Gasteiger partial charge in [0, 0.05) is 65.9 Å². The van der Waals surface area contributed by atoms with Gasteiger partial charge in [-0.1, -0.05) is 6.58 Å². The third-order valence-corrected chi connectivity index (χ3v) is 10.9. The summed E-state index contributed by atoms with van der Waals surface area (Å²) in [4.78, 5) is 37.3. The molecule has 14 heteroatoms. The molecule has 0 N–H and O–H groups in total. The number of anilines is 1. The number of carbonyl (C=O) groups excluding carboxylic acids is 1. The lowest BCUT2D eigenvalue weighted by atomic mass is 9.94. The number of hydrogen-bond acceptors (Lipinski definition) is 7. The number of thioether (sulfide) groups is 1. The van der Waals surface area contributed by atoms with E-state index in [2.05, 4.69) is 21.6 Å². The molecule has 0 aliphatic carbocycles. The van der Waals surface area contributed by atoms with Crippen LogP contribution in [0, 0.1) is 5.82 Å². The monoisotopic (exact) mass is 669 g/mol. The van der Waals surface area contributed by atoms with Gasteiger partial charge in [-0.2, -0.15) is 23.3 Å². The van der Waals surface area contributed by atoms with Crippen LogP contribution in [0.2, 0.25) is 0 Å². The highest BCUT2D eigenvalue weighted by atomic mass is 32.2. The number of likely N-dealkylation sites (tertiary alicyclic amines) is 1. The second-order valence-corrected chi connectivity index (χ2v) is 13.8. The van der Waals surface area contributed by atoms with Gasteiger partial charge in [0.2, 0.25) is 5.91 Å². The van der Waals surface area contributed by atoms with Gasteiger partial charge in [-0.3, -0.25) is 14.0 Å². The summed E-state index contributed by atoms with van der Waals surface area (Å²) in [6, 6.07) is 2.70. The summed E-state index contributed by atoms with van der Waals surface area (Å²) in [5, 5.41) is 4.49. The predicted molar refractivity (Wildman–Crippen MR) is 174 cm³/mol. The van der Waals surface area contributed by atoms with Crippen molar-refractivity contribution >= 4 is 45.3 Å². The zero-order valence-corrected chi connectivity index (χ0v) is 27.2. The molecule has 0 bridgehead atoms. The van der Waals surface area contributed by atoms with Crippen molar-refractivity contribution in [2.24, 2.45) is 7.05 Å². The average molecular weight is 670 g/mol. The quantitative estimate of drug-likeness (QED) is 0.206. The van der Waals surface area contributed by atoms with E-state index in [1.165, 1.54) is 34.8 Å². The van der Waals surface area contributed by atoms with E-state index in [0.717, 1.165) is 38.1 Å². The van der Waals surface area contributed by atoms with Gasteiger partial charge in [-0.05, 0) is 64.1 Å². The van der Waals surface area contributed by atoms with E-state index in [0.29, 0.717) is 22.7 Å². The molecule has 2 fully saturated rings. The van der Waals surface area contributed by atoms with Crippen LogP contribution in [0.1, 0.15) is 38.3 Å². The Morgan fingerprint density at radius 3 is 2.47 bits per heavy atom. The van der Waals surface area contributed by atoms with Gasteiger partial charge in [-0.25, -0.2) is 9.18 Å². The number of carbonyl (C=O) groups is 1. The molecule has 3 aliphatic heterocycles. The van der Waals surface area contributed by atoms with Crippen molar-refractivity contribution < 1.29 is 22.4 Å². The summed E-state index contributed by atoms with van der Waals surface area (Å²) in [5.41, 5.74) is -0.704. The van der Waals surface area contributed by atoms with Crippen molar-refractivity contribution in [3.8, 4) is 11.1 Å². The number of benzene rings is 2. The summed E-state index contributed by atoms with van der Waals surface area (Å²) >= 11 is 1.30. The molecule has 3 aliphatic rings. The van der Waals surface area contributed by atoms with Crippen molar-refractivity contribution in [2.45, 2.75) is 55.9 Å². The molecule has 3 atom stereocenters. The first kappa shape index (κ1) is 31.7. The number of alkyl halides is 3. The van der Waals surface area contributed by atoms with E-state index in [1.54, 1.807) is 16.5 Å². The van der Waals surface area contributed by atoms with Crippen LogP contribution in [-0.4, -0.2) is 85.6 Å². The molecule has 0 radical (unpaired) electrons. The number of nitrogens with zero attached hydrogens (tertiary/aromatic N) is 7. The minimum Gasteiger partial charge on any atom is -0.352 e. The first-order chi connectivity index (χ1) is 22.4. The largest absolute Gasteiger partial charge is 0.417 e. The van der Waals surface area contributed by atoms with Crippen LogP contribution >= 0.6 is 11.8 Å². The van der Waals surface area contributed by atoms with E-state index in [9.17, 15) is 14.0 Å². The van der Waals surface area contributed by atoms with Crippen molar-refractivity contribution in [3.63, 3.8) is 0 Å². The Balaban J connectivity index is 1.52. The molecule has 4 aromatic rings. The standard InChI is InChI=1S/C33H35F4N7O2S/c1-5-26(45)43-18(2)14-42(15-19(43)3)31-22-12-24(33(35,36)37)27(21-8-9-25(34)23-13-38-40(4)28(21)23)30-29(22)44(32(46)39-31)20(17-47-30)16-41-10-6-7-11-41/h5,8-9,12-13,18-20H,1,6-7,10-11,14-17H2,2-4H3/t18-,19+,20?. The Bertz CT molecular complexity index is 1970. The van der Waals surface area contributed by atoms with Crippen molar-refractivity contribution in [3.05, 3.63) is 58.9 Å². The van der Waals surface area contributed by atoms with Gasteiger partial charge in [0.25, 0.3) is 0 Å². The molecule has 47 heavy (non-hydrogen) atoms. The van der Waals surface area contributed by atoms with Crippen molar-refractivity contribution in [2.75, 3.05) is 43.4 Å². The number of piperazine rings is 1. The maximum absolute atomic E-state index is 15.2. The SMILES string of the molecule is C=CC(=O)N1[C@H](C)CN(c2nc(=O)n3c4c(c(-c5ccc(F)c6cnn(C)c56)c(C(F)(F)F)cc24)SCC3CN2CCCC2)C[C@@H]1C. The molecule has 1 amide bonds. The molecule has 2 saturated heterocycles. The minimum atomic E-state index is -4.79. The van der Waals surface area contributed by atoms with Crippen molar-refractivity contribution in [1.82, 2.24) is 29.1 Å². The lowest BCUT2D eigenvalue weighted by molar-refractivity contribution is -0.137. The van der Waals surface area contributed by atoms with Crippen LogP contribution in [0.5, 0.6) is 0 Å². The predicted octanol–water partition coefficient (Wildman–Crippen LogP) is 5.46. The Hall–Kier alpha value is -3.91. The van der Waals surface area contributed by atoms with Gasteiger partial charge < -0.3 is 14.7 Å². The summed E-state index contributed by atoms with van der Waals surface area (Å²) in [5.74, 6) is -0.282. The fourth-order valence-corrected chi connectivity index (χ4v) is 9.04. The zero-order valence-electron chi connectivity index (χ0n) is 26.3. The Labute approximate surface area is 272 Å². The number of rotatable bonds is 5. The molecular weight excluding hydrogens is 634 g/mol. The molecule has 248 valence electrons. The Kier molecular flexibility index (Phi) is 7.85. The number of halogens is 4. The fraction of sp³-hybridized carbons (Fsp3) is 0.455. The van der Waals surface area contributed by atoms with Crippen LogP contribution in [0.3, 0.4) is 0 Å². The first-order valence-electron chi connectivity index (χ1n) is 15.7. The Morgan fingerprint density at radius 2 is 1.81 bits per heavy atom. The van der Waals surface area contributed by atoms with Crippen LogP contribution in [0.4, 0.5) is 23.4 Å². The third-order valence-electron chi connectivity index (χ3n) is 9.67. The second kappa shape index (κ2) is 11.7. The van der Waals surface area contributed by atoms with Crippen LogP contribution < -0.4 is 10.6 Å². The highest BCUT2D eigenvalue weighted by molar-refractivity contribution is 7.99. The number of fused-ring (bicyclic) bond motifs is 1. The van der Waals surface area contributed by atoms with E-state index in [-0.39, 0.29) is 70.4 Å². The van der Waals surface area contributed by atoms with Crippen LogP contribution in [-0.2, 0) is 18.0 Å². The highest BCUT2D eigenvalue weighted by Crippen LogP contribution is 2.51. The molecule has 7 rings (SSSR count). The smallest absolute Gasteiger partial charge is 0.352 e. The fourth-order valence-electron chi connectivity index (χ4n) is 7.72. The van der Waals surface area contributed by atoms with E-state index in [4.69, 9.17) is 0 Å². The number of aryl methyl sites for hydroxylation is 1. The number of aromatic nitrogens is 4. The Morgan fingerprint density at radius 1 is 1.11 bits per heavy atom. The van der Waals surface area contributed by atoms with Gasteiger partial charge in [0.05, 0.1) is 34.2 Å². The average Bonchev–Trinajstić information content (AvgIpc) is 3.68. The molecule has 9 nitrogen and oxygen atoms in total. The van der Waals surface area contributed by atoms with E-state index < -0.39 is 23.2 Å². The second-order valence-electron chi connectivity index (χ2n) is 12.8. The minimum absolute atomic E-state index is 0.100. The molecule has 0 saturated carbocycles. The molecule has 5 heterocycles. The first-order valence-corrected chi connectivity index (χ1v) is 16.7. The lowest BCUT2D eigenvalue weighted by Crippen LogP contribution is -2.58. The summed E-state index contributed by atoms with van der Waals surface area (Å²) < 4.78 is 63.6.